The minimum Gasteiger partial charge on any atom is -0.318 e. The molecule has 27 heavy (non-hydrogen) atoms. The molecule has 1 aromatic carbocycles. The van der Waals surface area contributed by atoms with Gasteiger partial charge in [0.2, 0.25) is 5.17 Å². The van der Waals surface area contributed by atoms with Gasteiger partial charge in [-0.1, -0.05) is 25.1 Å². The van der Waals surface area contributed by atoms with Crippen LogP contribution in [0.1, 0.15) is 30.3 Å². The fraction of sp³-hybridized carbons (Fsp3) is 0.200. The molecule has 0 spiro atoms. The summed E-state index contributed by atoms with van der Waals surface area (Å²) in [5.41, 5.74) is 4.29. The number of thioether (sulfide) groups is 1. The van der Waals surface area contributed by atoms with E-state index in [9.17, 15) is 4.79 Å². The maximum Gasteiger partial charge on any atom is 0.283 e. The van der Waals surface area contributed by atoms with Gasteiger partial charge in [-0.2, -0.15) is 15.1 Å². The summed E-state index contributed by atoms with van der Waals surface area (Å²) in [5, 5.41) is 15.6. The number of rotatable bonds is 3. The molecule has 0 saturated carbocycles. The van der Waals surface area contributed by atoms with Gasteiger partial charge in [-0.05, 0) is 61.9 Å². The van der Waals surface area contributed by atoms with E-state index in [0.717, 1.165) is 34.1 Å². The van der Waals surface area contributed by atoms with E-state index in [1.54, 1.807) is 6.08 Å². The molecule has 2 aliphatic heterocycles. The number of fused-ring (bicyclic) bond motifs is 1. The van der Waals surface area contributed by atoms with Crippen molar-refractivity contribution in [3.8, 4) is 5.69 Å². The van der Waals surface area contributed by atoms with E-state index in [0.29, 0.717) is 5.17 Å². The van der Waals surface area contributed by atoms with Crippen LogP contribution >= 0.6 is 11.8 Å². The minimum absolute atomic E-state index is 0.0745. The summed E-state index contributed by atoms with van der Waals surface area (Å²) in [7, 11) is 0. The summed E-state index contributed by atoms with van der Waals surface area (Å²) in [4.78, 5) is 16.6. The number of aliphatic imine (C=N–C) groups is 1. The largest absolute Gasteiger partial charge is 0.318 e. The maximum absolute atomic E-state index is 12.5. The Labute approximate surface area is 161 Å². The number of hydrogen-bond acceptors (Lipinski definition) is 4. The zero-order valence-corrected chi connectivity index (χ0v) is 16.2. The monoisotopic (exact) mass is 377 g/mol. The molecule has 2 aliphatic rings. The SMILES string of the molecule is CCC1=NN2C(=N)/C(=C/c3cc(C)n(-c4ccccc4)c3C)C(=O)N=C2S1. The molecule has 0 bridgehead atoms. The molecule has 3 heterocycles. The summed E-state index contributed by atoms with van der Waals surface area (Å²) in [6, 6.07) is 12.1. The van der Waals surface area contributed by atoms with Crippen LogP contribution in [0.3, 0.4) is 0 Å². The highest BCUT2D eigenvalue weighted by Gasteiger charge is 2.35. The standard InChI is InChI=1S/C20H19N5OS/c1-4-17-23-25-18(21)16(19(26)22-20(25)27-17)11-14-10-12(2)24(13(14)3)15-8-6-5-7-9-15/h5-11,21H,4H2,1-3H3/b16-11-,21-18?. The first-order valence-corrected chi connectivity index (χ1v) is 9.54. The Bertz CT molecular complexity index is 1050. The smallest absolute Gasteiger partial charge is 0.283 e. The van der Waals surface area contributed by atoms with Gasteiger partial charge in [0, 0.05) is 17.1 Å². The third-order valence-electron chi connectivity index (χ3n) is 4.58. The molecule has 1 aromatic heterocycles. The number of aryl methyl sites for hydroxylation is 1. The van der Waals surface area contributed by atoms with Crippen LogP contribution in [-0.2, 0) is 4.79 Å². The summed E-state index contributed by atoms with van der Waals surface area (Å²) in [6.07, 6.45) is 2.50. The van der Waals surface area contributed by atoms with Gasteiger partial charge >= 0.3 is 0 Å². The Morgan fingerprint density at radius 1 is 1.22 bits per heavy atom. The van der Waals surface area contributed by atoms with Gasteiger partial charge in [0.25, 0.3) is 5.91 Å². The van der Waals surface area contributed by atoms with Crippen LogP contribution in [0.4, 0.5) is 0 Å². The third kappa shape index (κ3) is 2.94. The number of amides is 1. The fourth-order valence-corrected chi connectivity index (χ4v) is 4.06. The fourth-order valence-electron chi connectivity index (χ4n) is 3.24. The van der Waals surface area contributed by atoms with Crippen molar-refractivity contribution < 1.29 is 4.79 Å². The molecule has 0 fully saturated rings. The van der Waals surface area contributed by atoms with Gasteiger partial charge in [0.15, 0.2) is 5.84 Å². The molecule has 6 nitrogen and oxygen atoms in total. The molecule has 0 atom stereocenters. The minimum atomic E-state index is -0.393. The van der Waals surface area contributed by atoms with Gasteiger partial charge in [-0.25, -0.2) is 0 Å². The number of aromatic nitrogens is 1. The first kappa shape index (κ1) is 17.5. The van der Waals surface area contributed by atoms with Crippen LogP contribution in [0.25, 0.3) is 11.8 Å². The highest BCUT2D eigenvalue weighted by Crippen LogP contribution is 2.30. The van der Waals surface area contributed by atoms with Crippen molar-refractivity contribution >= 4 is 39.8 Å². The van der Waals surface area contributed by atoms with Gasteiger partial charge in [-0.15, -0.1) is 0 Å². The summed E-state index contributed by atoms with van der Waals surface area (Å²) in [5.74, 6) is -0.318. The van der Waals surface area contributed by atoms with Crippen molar-refractivity contribution in [1.29, 1.82) is 5.41 Å². The number of hydrazone groups is 1. The molecule has 0 radical (unpaired) electrons. The molecule has 1 N–H and O–H groups in total. The van der Waals surface area contributed by atoms with Crippen molar-refractivity contribution in [3.05, 3.63) is 58.9 Å². The quantitative estimate of drug-likeness (QED) is 0.818. The number of amidine groups is 2. The number of nitrogens with one attached hydrogen (secondary N) is 1. The van der Waals surface area contributed by atoms with Crippen LogP contribution < -0.4 is 0 Å². The number of carbonyl (C=O) groups excluding carboxylic acids is 1. The summed E-state index contributed by atoms with van der Waals surface area (Å²) < 4.78 is 2.14. The van der Waals surface area contributed by atoms with E-state index in [1.165, 1.54) is 16.8 Å². The second-order valence-corrected chi connectivity index (χ2v) is 7.41. The molecule has 136 valence electrons. The zero-order chi connectivity index (χ0) is 19.1. The third-order valence-corrected chi connectivity index (χ3v) is 5.64. The van der Waals surface area contributed by atoms with E-state index >= 15 is 0 Å². The van der Waals surface area contributed by atoms with E-state index in [1.807, 2.05) is 57.2 Å². The second kappa shape index (κ2) is 6.66. The predicted molar refractivity (Wildman–Crippen MR) is 111 cm³/mol. The lowest BCUT2D eigenvalue weighted by Gasteiger charge is -2.20. The van der Waals surface area contributed by atoms with Gasteiger partial charge in [0.1, 0.15) is 5.04 Å². The van der Waals surface area contributed by atoms with Crippen LogP contribution in [0.15, 0.2) is 52.1 Å². The molecular formula is C20H19N5OS. The second-order valence-electron chi connectivity index (χ2n) is 6.36. The lowest BCUT2D eigenvalue weighted by molar-refractivity contribution is -0.114. The molecule has 1 amide bonds. The van der Waals surface area contributed by atoms with Crippen molar-refractivity contribution in [2.45, 2.75) is 27.2 Å². The molecule has 0 saturated heterocycles. The molecule has 4 rings (SSSR count). The Morgan fingerprint density at radius 3 is 2.67 bits per heavy atom. The average molecular weight is 377 g/mol. The first-order valence-electron chi connectivity index (χ1n) is 8.73. The van der Waals surface area contributed by atoms with Crippen molar-refractivity contribution in [2.24, 2.45) is 10.1 Å². The van der Waals surface area contributed by atoms with Crippen molar-refractivity contribution in [3.63, 3.8) is 0 Å². The number of nitrogens with zero attached hydrogens (tertiary/aromatic N) is 4. The number of para-hydroxylation sites is 1. The molecule has 0 unspecified atom stereocenters. The van der Waals surface area contributed by atoms with Crippen LogP contribution in [0.5, 0.6) is 0 Å². The van der Waals surface area contributed by atoms with Gasteiger partial charge in [0.05, 0.1) is 5.57 Å². The van der Waals surface area contributed by atoms with Crippen molar-refractivity contribution in [2.75, 3.05) is 0 Å². The highest BCUT2D eigenvalue weighted by molar-refractivity contribution is 8.26. The summed E-state index contributed by atoms with van der Waals surface area (Å²) in [6.45, 7) is 6.03. The van der Waals surface area contributed by atoms with Crippen LogP contribution in [0, 0.1) is 19.3 Å². The topological polar surface area (TPSA) is 73.8 Å². The molecule has 7 heteroatoms. The highest BCUT2D eigenvalue weighted by atomic mass is 32.2. The maximum atomic E-state index is 12.5. The zero-order valence-electron chi connectivity index (χ0n) is 15.4. The van der Waals surface area contributed by atoms with E-state index < -0.39 is 5.91 Å². The van der Waals surface area contributed by atoms with E-state index in [2.05, 4.69) is 14.7 Å². The predicted octanol–water partition coefficient (Wildman–Crippen LogP) is 4.12. The van der Waals surface area contributed by atoms with Crippen LogP contribution in [0.2, 0.25) is 0 Å². The lowest BCUT2D eigenvalue weighted by Crippen LogP contribution is -2.35. The molecular weight excluding hydrogens is 358 g/mol. The van der Waals surface area contributed by atoms with Gasteiger partial charge < -0.3 is 4.57 Å². The normalized spacial score (nSPS) is 18.0. The number of carbonyl (C=O) groups is 1. The van der Waals surface area contributed by atoms with E-state index in [-0.39, 0.29) is 11.4 Å². The first-order chi connectivity index (χ1) is 13.0. The van der Waals surface area contributed by atoms with Crippen molar-refractivity contribution in [1.82, 2.24) is 9.58 Å². The Morgan fingerprint density at radius 2 is 1.96 bits per heavy atom. The van der Waals surface area contributed by atoms with Gasteiger partial charge in [-0.3, -0.25) is 10.2 Å². The number of hydrogen-bond donors (Lipinski definition) is 1. The Hall–Kier alpha value is -2.93. The summed E-state index contributed by atoms with van der Waals surface area (Å²) >= 11 is 1.35. The molecule has 2 aromatic rings. The Kier molecular flexibility index (Phi) is 4.31. The molecule has 0 aliphatic carbocycles. The Balaban J connectivity index is 1.76. The lowest BCUT2D eigenvalue weighted by atomic mass is 10.1. The van der Waals surface area contributed by atoms with Crippen LogP contribution in [-0.4, -0.2) is 31.5 Å². The average Bonchev–Trinajstić information content (AvgIpc) is 3.20. The number of benzene rings is 1. The van der Waals surface area contributed by atoms with E-state index in [4.69, 9.17) is 5.41 Å².